The maximum absolute atomic E-state index is 14.4. The molecular weight excluding hydrogens is 452 g/mol. The van der Waals surface area contributed by atoms with Gasteiger partial charge in [-0.05, 0) is 36.9 Å². The molecule has 0 radical (unpaired) electrons. The average molecular weight is 472 g/mol. The molecule has 0 saturated carbocycles. The summed E-state index contributed by atoms with van der Waals surface area (Å²) >= 11 is 11.6. The van der Waals surface area contributed by atoms with Gasteiger partial charge in [0, 0.05) is 61.4 Å². The minimum Gasteiger partial charge on any atom is -0.323 e. The van der Waals surface area contributed by atoms with Crippen LogP contribution in [-0.4, -0.2) is 47.9 Å². The van der Waals surface area contributed by atoms with Gasteiger partial charge in [-0.2, -0.15) is 0 Å². The van der Waals surface area contributed by atoms with Crippen LogP contribution in [0.1, 0.15) is 5.69 Å². The van der Waals surface area contributed by atoms with Gasteiger partial charge >= 0.3 is 0 Å². The van der Waals surface area contributed by atoms with Gasteiger partial charge in [-0.3, -0.25) is 4.98 Å². The predicted molar refractivity (Wildman–Crippen MR) is 117 cm³/mol. The molecule has 0 aliphatic heterocycles. The highest BCUT2D eigenvalue weighted by molar-refractivity contribution is 7.89. The van der Waals surface area contributed by atoms with Crippen LogP contribution in [-0.2, 0) is 16.6 Å². The summed E-state index contributed by atoms with van der Waals surface area (Å²) in [6.45, 7) is 1.93. The first-order valence-corrected chi connectivity index (χ1v) is 11.1. The van der Waals surface area contributed by atoms with Crippen LogP contribution in [0.5, 0.6) is 0 Å². The van der Waals surface area contributed by atoms with Crippen molar-refractivity contribution < 1.29 is 12.8 Å². The van der Waals surface area contributed by atoms with Crippen molar-refractivity contribution in [2.45, 2.75) is 18.4 Å². The third-order valence-corrected chi connectivity index (χ3v) is 6.76. The summed E-state index contributed by atoms with van der Waals surface area (Å²) in [6, 6.07) is 3.26. The lowest BCUT2D eigenvalue weighted by atomic mass is 10.1. The number of hydrogen-bond donors (Lipinski definition) is 1. The Morgan fingerprint density at radius 3 is 2.70 bits per heavy atom. The van der Waals surface area contributed by atoms with Gasteiger partial charge in [-0.1, -0.05) is 11.6 Å². The highest BCUT2D eigenvalue weighted by Crippen LogP contribution is 2.36. The SMILES string of the molecule is Cc1c(-c2cncc(S(=O)(=O)N(C)C)c2)c2cc(Cl)cnc2n1C/C(F)=C/CNCl. The van der Waals surface area contributed by atoms with E-state index in [1.807, 2.05) is 6.92 Å². The van der Waals surface area contributed by atoms with E-state index >= 15 is 0 Å². The third kappa shape index (κ3) is 4.35. The number of nitrogens with one attached hydrogen (secondary N) is 1. The van der Waals surface area contributed by atoms with E-state index in [-0.39, 0.29) is 18.0 Å². The van der Waals surface area contributed by atoms with Crippen molar-refractivity contribution in [1.29, 1.82) is 0 Å². The molecule has 0 unspecified atom stereocenters. The van der Waals surface area contributed by atoms with Gasteiger partial charge < -0.3 is 4.57 Å². The molecule has 0 aliphatic rings. The van der Waals surface area contributed by atoms with E-state index in [0.717, 1.165) is 4.31 Å². The first-order valence-electron chi connectivity index (χ1n) is 8.87. The van der Waals surface area contributed by atoms with E-state index < -0.39 is 15.9 Å². The molecule has 3 aromatic heterocycles. The molecule has 3 heterocycles. The average Bonchev–Trinajstić information content (AvgIpc) is 2.97. The van der Waals surface area contributed by atoms with Gasteiger partial charge in [-0.25, -0.2) is 26.9 Å². The van der Waals surface area contributed by atoms with Gasteiger partial charge in [0.15, 0.2) is 0 Å². The number of allylic oxidation sites excluding steroid dienone is 1. The summed E-state index contributed by atoms with van der Waals surface area (Å²) in [4.78, 5) is 10.9. The summed E-state index contributed by atoms with van der Waals surface area (Å²) in [6.07, 6.45) is 5.67. The van der Waals surface area contributed by atoms with Gasteiger partial charge in [0.1, 0.15) is 16.4 Å². The zero-order valence-corrected chi connectivity index (χ0v) is 18.9. The molecule has 1 N–H and O–H groups in total. The van der Waals surface area contributed by atoms with E-state index in [0.29, 0.717) is 32.9 Å². The molecule has 0 aliphatic carbocycles. The van der Waals surface area contributed by atoms with Crippen LogP contribution in [0.15, 0.2) is 47.5 Å². The number of nitrogens with zero attached hydrogens (tertiary/aromatic N) is 4. The van der Waals surface area contributed by atoms with Gasteiger partial charge in [0.2, 0.25) is 10.0 Å². The Morgan fingerprint density at radius 2 is 2.03 bits per heavy atom. The molecule has 3 aromatic rings. The molecule has 0 atom stereocenters. The minimum absolute atomic E-state index is 0.0551. The molecule has 160 valence electrons. The second-order valence-electron chi connectivity index (χ2n) is 6.76. The fraction of sp³-hybridized carbons (Fsp3) is 0.263. The largest absolute Gasteiger partial charge is 0.323 e. The minimum atomic E-state index is -3.67. The number of halogens is 3. The smallest absolute Gasteiger partial charge is 0.244 e. The van der Waals surface area contributed by atoms with Crippen LogP contribution in [0.25, 0.3) is 22.2 Å². The number of aromatic nitrogens is 3. The van der Waals surface area contributed by atoms with Crippen LogP contribution in [0, 0.1) is 6.92 Å². The van der Waals surface area contributed by atoms with Crippen molar-refractivity contribution >= 4 is 44.4 Å². The number of rotatable bonds is 7. The third-order valence-electron chi connectivity index (χ3n) is 4.62. The fourth-order valence-electron chi connectivity index (χ4n) is 3.15. The number of hydrogen-bond acceptors (Lipinski definition) is 5. The Kier molecular flexibility index (Phi) is 6.78. The Morgan fingerprint density at radius 1 is 1.30 bits per heavy atom. The van der Waals surface area contributed by atoms with Gasteiger partial charge in [0.25, 0.3) is 0 Å². The zero-order chi connectivity index (χ0) is 22.1. The van der Waals surface area contributed by atoms with E-state index in [4.69, 9.17) is 23.4 Å². The zero-order valence-electron chi connectivity index (χ0n) is 16.5. The normalized spacial score (nSPS) is 12.8. The summed E-state index contributed by atoms with van der Waals surface area (Å²) in [5.41, 5.74) is 2.47. The molecule has 0 saturated heterocycles. The van der Waals surface area contributed by atoms with Crippen LogP contribution < -0.4 is 4.84 Å². The lowest BCUT2D eigenvalue weighted by Crippen LogP contribution is -2.22. The lowest BCUT2D eigenvalue weighted by Gasteiger charge is -2.12. The monoisotopic (exact) mass is 471 g/mol. The summed E-state index contributed by atoms with van der Waals surface area (Å²) in [5.74, 6) is -0.395. The molecule has 11 heteroatoms. The van der Waals surface area contributed by atoms with Crippen molar-refractivity contribution in [2.24, 2.45) is 0 Å². The number of fused-ring (bicyclic) bond motifs is 1. The standard InChI is InChI=1S/C19H20Cl2FN5O2S/c1-12-18(13-6-16(10-23-8-13)30(28,29)26(2)3)17-7-14(20)9-24-19(17)27(12)11-15(22)4-5-25-21/h4,6-10,25H,5,11H2,1-3H3/b15-4-. The van der Waals surface area contributed by atoms with Crippen LogP contribution in [0.3, 0.4) is 0 Å². The molecule has 0 amide bonds. The maximum Gasteiger partial charge on any atom is 0.244 e. The lowest BCUT2D eigenvalue weighted by molar-refractivity contribution is 0.520. The number of sulfonamides is 1. The highest BCUT2D eigenvalue weighted by Gasteiger charge is 2.22. The van der Waals surface area contributed by atoms with Crippen molar-refractivity contribution in [1.82, 2.24) is 23.7 Å². The summed E-state index contributed by atoms with van der Waals surface area (Å²) < 4.78 is 42.3. The first kappa shape index (κ1) is 22.6. The molecular formula is C19H20Cl2FN5O2S. The summed E-state index contributed by atoms with van der Waals surface area (Å²) in [7, 11) is -0.766. The van der Waals surface area contributed by atoms with Crippen LogP contribution in [0.4, 0.5) is 4.39 Å². The molecule has 0 bridgehead atoms. The molecule has 3 rings (SSSR count). The fourth-order valence-corrected chi connectivity index (χ4v) is 4.28. The Balaban J connectivity index is 2.22. The second kappa shape index (κ2) is 8.99. The van der Waals surface area contributed by atoms with Crippen LogP contribution >= 0.6 is 23.4 Å². The van der Waals surface area contributed by atoms with Crippen molar-refractivity contribution in [3.8, 4) is 11.1 Å². The number of pyridine rings is 2. The molecule has 7 nitrogen and oxygen atoms in total. The van der Waals surface area contributed by atoms with Crippen molar-refractivity contribution in [2.75, 3.05) is 20.6 Å². The Labute approximate surface area is 184 Å². The first-order chi connectivity index (χ1) is 14.2. The van der Waals surface area contributed by atoms with Crippen molar-refractivity contribution in [3.63, 3.8) is 0 Å². The second-order valence-corrected chi connectivity index (χ2v) is 9.61. The van der Waals surface area contributed by atoms with Crippen molar-refractivity contribution in [3.05, 3.63) is 53.3 Å². The molecule has 0 fully saturated rings. The van der Waals surface area contributed by atoms with Crippen LogP contribution in [0.2, 0.25) is 5.02 Å². The molecule has 0 spiro atoms. The predicted octanol–water partition coefficient (Wildman–Crippen LogP) is 3.91. The van der Waals surface area contributed by atoms with E-state index in [1.54, 1.807) is 22.9 Å². The molecule has 30 heavy (non-hydrogen) atoms. The topological polar surface area (TPSA) is 80.1 Å². The van der Waals surface area contributed by atoms with E-state index in [9.17, 15) is 12.8 Å². The maximum atomic E-state index is 14.4. The quantitative estimate of drug-likeness (QED) is 0.528. The van der Waals surface area contributed by atoms with Gasteiger partial charge in [-0.15, -0.1) is 0 Å². The van der Waals surface area contributed by atoms with Gasteiger partial charge in [0.05, 0.1) is 11.6 Å². The molecule has 0 aromatic carbocycles. The van der Waals surface area contributed by atoms with E-state index in [2.05, 4.69) is 14.8 Å². The Bertz CT molecular complexity index is 1230. The van der Waals surface area contributed by atoms with E-state index in [1.165, 1.54) is 32.6 Å². The highest BCUT2D eigenvalue weighted by atomic mass is 35.5. The Hall–Kier alpha value is -2.04. The summed E-state index contributed by atoms with van der Waals surface area (Å²) in [5, 5.41) is 1.08.